The zero-order chi connectivity index (χ0) is 14.5. The van der Waals surface area contributed by atoms with Crippen molar-refractivity contribution in [2.24, 2.45) is 5.92 Å². The van der Waals surface area contributed by atoms with Crippen molar-refractivity contribution in [3.8, 4) is 0 Å². The Balaban J connectivity index is 1.84. The minimum atomic E-state index is -0.579. The van der Waals surface area contributed by atoms with Crippen LogP contribution >= 0.6 is 0 Å². The molecule has 1 saturated heterocycles. The smallest absolute Gasteiger partial charge is 0.254 e. The molecule has 0 saturated carbocycles. The normalized spacial score (nSPS) is 16.0. The summed E-state index contributed by atoms with van der Waals surface area (Å²) < 4.78 is 13.4. The maximum Gasteiger partial charge on any atom is 0.254 e. The zero-order valence-electron chi connectivity index (χ0n) is 11.6. The quantitative estimate of drug-likeness (QED) is 0.916. The summed E-state index contributed by atoms with van der Waals surface area (Å²) in [7, 11) is 0. The Kier molecular flexibility index (Phi) is 4.71. The van der Waals surface area contributed by atoms with Crippen molar-refractivity contribution in [2.45, 2.75) is 19.8 Å². The third kappa shape index (κ3) is 3.56. The largest absolute Gasteiger partial charge is 0.343 e. The van der Waals surface area contributed by atoms with Crippen LogP contribution in [-0.4, -0.2) is 36.3 Å². The number of piperidine rings is 1. The maximum absolute atomic E-state index is 13.4. The molecule has 0 spiro atoms. The summed E-state index contributed by atoms with van der Waals surface area (Å²) in [5.74, 6) is -0.597. The molecule has 1 fully saturated rings. The molecule has 108 valence electrons. The molecule has 0 unspecified atom stereocenters. The average molecular weight is 278 g/mol. The van der Waals surface area contributed by atoms with Gasteiger partial charge in [0.2, 0.25) is 5.91 Å². The molecule has 1 N–H and O–H groups in total. The SMILES string of the molecule is CC1CCN(C(=O)CNC(=O)c2ccccc2F)CC1. The Morgan fingerprint density at radius 3 is 2.60 bits per heavy atom. The molecule has 0 bridgehead atoms. The second-order valence-corrected chi connectivity index (χ2v) is 5.23. The van der Waals surface area contributed by atoms with E-state index in [0.717, 1.165) is 25.9 Å². The number of nitrogens with zero attached hydrogens (tertiary/aromatic N) is 1. The van der Waals surface area contributed by atoms with Crippen molar-refractivity contribution in [3.63, 3.8) is 0 Å². The van der Waals surface area contributed by atoms with E-state index in [0.29, 0.717) is 5.92 Å². The molecule has 0 radical (unpaired) electrons. The van der Waals surface area contributed by atoms with E-state index in [1.165, 1.54) is 18.2 Å². The van der Waals surface area contributed by atoms with Crippen molar-refractivity contribution >= 4 is 11.8 Å². The van der Waals surface area contributed by atoms with Crippen LogP contribution in [0.2, 0.25) is 0 Å². The third-order valence-electron chi connectivity index (χ3n) is 3.65. The van der Waals surface area contributed by atoms with E-state index in [4.69, 9.17) is 0 Å². The van der Waals surface area contributed by atoms with Crippen LogP contribution in [0.5, 0.6) is 0 Å². The third-order valence-corrected chi connectivity index (χ3v) is 3.65. The van der Waals surface area contributed by atoms with E-state index < -0.39 is 11.7 Å². The number of rotatable bonds is 3. The Morgan fingerprint density at radius 2 is 1.95 bits per heavy atom. The molecule has 1 aromatic carbocycles. The lowest BCUT2D eigenvalue weighted by atomic mass is 9.99. The van der Waals surface area contributed by atoms with Crippen molar-refractivity contribution in [1.82, 2.24) is 10.2 Å². The number of amides is 2. The first-order valence-corrected chi connectivity index (χ1v) is 6.88. The predicted molar refractivity (Wildman–Crippen MR) is 73.7 cm³/mol. The summed E-state index contributed by atoms with van der Waals surface area (Å²) in [6.45, 7) is 3.55. The highest BCUT2D eigenvalue weighted by Crippen LogP contribution is 2.15. The van der Waals surface area contributed by atoms with Crippen LogP contribution in [0.3, 0.4) is 0 Å². The van der Waals surface area contributed by atoms with Crippen molar-refractivity contribution in [2.75, 3.05) is 19.6 Å². The lowest BCUT2D eigenvalue weighted by molar-refractivity contribution is -0.131. The highest BCUT2D eigenvalue weighted by Gasteiger charge is 2.21. The van der Waals surface area contributed by atoms with Crippen LogP contribution in [0.4, 0.5) is 4.39 Å². The molecule has 0 atom stereocenters. The maximum atomic E-state index is 13.4. The zero-order valence-corrected chi connectivity index (χ0v) is 11.6. The second kappa shape index (κ2) is 6.50. The van der Waals surface area contributed by atoms with E-state index in [1.54, 1.807) is 11.0 Å². The summed E-state index contributed by atoms with van der Waals surface area (Å²) in [4.78, 5) is 25.5. The number of benzene rings is 1. The van der Waals surface area contributed by atoms with Gasteiger partial charge in [-0.1, -0.05) is 19.1 Å². The summed E-state index contributed by atoms with van der Waals surface area (Å²) >= 11 is 0. The molecular weight excluding hydrogens is 259 g/mol. The van der Waals surface area contributed by atoms with Gasteiger partial charge in [0.1, 0.15) is 5.82 Å². The Morgan fingerprint density at radius 1 is 1.30 bits per heavy atom. The van der Waals surface area contributed by atoms with Gasteiger partial charge in [-0.05, 0) is 30.9 Å². The van der Waals surface area contributed by atoms with Crippen LogP contribution in [0, 0.1) is 11.7 Å². The molecule has 1 heterocycles. The summed E-state index contributed by atoms with van der Waals surface area (Å²) in [5.41, 5.74) is -0.0347. The van der Waals surface area contributed by atoms with Gasteiger partial charge in [0.05, 0.1) is 12.1 Å². The van der Waals surface area contributed by atoms with Crippen LogP contribution in [-0.2, 0) is 4.79 Å². The highest BCUT2D eigenvalue weighted by atomic mass is 19.1. The molecule has 1 aromatic rings. The van der Waals surface area contributed by atoms with Gasteiger partial charge in [0, 0.05) is 13.1 Å². The van der Waals surface area contributed by atoms with Gasteiger partial charge in [-0.2, -0.15) is 0 Å². The molecule has 20 heavy (non-hydrogen) atoms. The van der Waals surface area contributed by atoms with Gasteiger partial charge in [-0.15, -0.1) is 0 Å². The fourth-order valence-electron chi connectivity index (χ4n) is 2.27. The van der Waals surface area contributed by atoms with Crippen LogP contribution < -0.4 is 5.32 Å². The molecule has 2 amide bonds. The standard InChI is InChI=1S/C15H19FN2O2/c1-11-6-8-18(9-7-11)14(19)10-17-15(20)12-4-2-3-5-13(12)16/h2-5,11H,6-10H2,1H3,(H,17,20). The number of hydrogen-bond acceptors (Lipinski definition) is 2. The van der Waals surface area contributed by atoms with Crippen LogP contribution in [0.15, 0.2) is 24.3 Å². The molecule has 4 nitrogen and oxygen atoms in total. The predicted octanol–water partition coefficient (Wildman–Crippen LogP) is 1.81. The molecular formula is C15H19FN2O2. The second-order valence-electron chi connectivity index (χ2n) is 5.23. The summed E-state index contributed by atoms with van der Waals surface area (Å²) in [6.07, 6.45) is 1.99. The number of carbonyl (C=O) groups is 2. The van der Waals surface area contributed by atoms with Crippen LogP contribution in [0.25, 0.3) is 0 Å². The van der Waals surface area contributed by atoms with Crippen LogP contribution in [0.1, 0.15) is 30.1 Å². The van der Waals surface area contributed by atoms with Crippen molar-refractivity contribution in [3.05, 3.63) is 35.6 Å². The van der Waals surface area contributed by atoms with Gasteiger partial charge >= 0.3 is 0 Å². The topological polar surface area (TPSA) is 49.4 Å². The van der Waals surface area contributed by atoms with E-state index >= 15 is 0 Å². The monoisotopic (exact) mass is 278 g/mol. The van der Waals surface area contributed by atoms with Gasteiger partial charge in [0.15, 0.2) is 0 Å². The highest BCUT2D eigenvalue weighted by molar-refractivity contribution is 5.96. The number of nitrogens with one attached hydrogen (secondary N) is 1. The number of likely N-dealkylation sites (tertiary alicyclic amines) is 1. The van der Waals surface area contributed by atoms with E-state index in [9.17, 15) is 14.0 Å². The molecule has 1 aliphatic rings. The summed E-state index contributed by atoms with van der Waals surface area (Å²) in [5, 5.41) is 2.48. The molecule has 5 heteroatoms. The minimum Gasteiger partial charge on any atom is -0.343 e. The fraction of sp³-hybridized carbons (Fsp3) is 0.467. The average Bonchev–Trinajstić information content (AvgIpc) is 2.45. The first-order valence-electron chi connectivity index (χ1n) is 6.88. The first kappa shape index (κ1) is 14.5. The molecule has 2 rings (SSSR count). The van der Waals surface area contributed by atoms with E-state index in [1.807, 2.05) is 0 Å². The van der Waals surface area contributed by atoms with Gasteiger partial charge in [-0.3, -0.25) is 9.59 Å². The fourth-order valence-corrected chi connectivity index (χ4v) is 2.27. The molecule has 1 aliphatic heterocycles. The lowest BCUT2D eigenvalue weighted by Gasteiger charge is -2.30. The lowest BCUT2D eigenvalue weighted by Crippen LogP contribution is -2.43. The Hall–Kier alpha value is -1.91. The van der Waals surface area contributed by atoms with Crippen molar-refractivity contribution < 1.29 is 14.0 Å². The Bertz CT molecular complexity index is 496. The van der Waals surface area contributed by atoms with E-state index in [2.05, 4.69) is 12.2 Å². The Labute approximate surface area is 118 Å². The van der Waals surface area contributed by atoms with Gasteiger partial charge in [-0.25, -0.2) is 4.39 Å². The van der Waals surface area contributed by atoms with Crippen molar-refractivity contribution in [1.29, 1.82) is 0 Å². The molecule has 0 aliphatic carbocycles. The summed E-state index contributed by atoms with van der Waals surface area (Å²) in [6, 6.07) is 5.73. The number of carbonyl (C=O) groups excluding carboxylic acids is 2. The number of hydrogen-bond donors (Lipinski definition) is 1. The number of halogens is 1. The first-order chi connectivity index (χ1) is 9.58. The van der Waals surface area contributed by atoms with Gasteiger partial charge < -0.3 is 10.2 Å². The van der Waals surface area contributed by atoms with E-state index in [-0.39, 0.29) is 18.0 Å². The van der Waals surface area contributed by atoms with Gasteiger partial charge in [0.25, 0.3) is 5.91 Å². The molecule has 0 aromatic heterocycles. The minimum absolute atomic E-state index is 0.0347.